The van der Waals surface area contributed by atoms with Crippen LogP contribution in [0.5, 0.6) is 11.5 Å². The van der Waals surface area contributed by atoms with E-state index in [2.05, 4.69) is 35.8 Å². The number of benzene rings is 3. The van der Waals surface area contributed by atoms with Gasteiger partial charge in [0.05, 0.1) is 10.7 Å². The van der Waals surface area contributed by atoms with Crippen molar-refractivity contribution in [2.75, 3.05) is 43.4 Å². The Morgan fingerprint density at radius 3 is 2.40 bits per heavy atom. The van der Waals surface area contributed by atoms with Gasteiger partial charge in [0, 0.05) is 55.6 Å². The van der Waals surface area contributed by atoms with Crippen LogP contribution in [-0.4, -0.2) is 48.7 Å². The average molecular weight is 581 g/mol. The number of rotatable bonds is 7. The summed E-state index contributed by atoms with van der Waals surface area (Å²) in [5.41, 5.74) is 11.8. The third-order valence-electron chi connectivity index (χ3n) is 7.93. The minimum absolute atomic E-state index is 0.0947. The van der Waals surface area contributed by atoms with Gasteiger partial charge >= 0.3 is 5.97 Å². The summed E-state index contributed by atoms with van der Waals surface area (Å²) in [6.07, 6.45) is 3.37. The Hall–Kier alpha value is -3.19. The number of nitrogens with two attached hydrogens (primary N) is 1. The highest BCUT2D eigenvalue weighted by Crippen LogP contribution is 2.43. The SMILES string of the molecule is CC1(C)CCC(CN2CCN(c3ccc(C(=O)O)c(Oc4ccc(N)c(Cl)c4)c3)CC2)=C(c2ccc(Cl)cc2)C1. The highest BCUT2D eigenvalue weighted by molar-refractivity contribution is 6.33. The van der Waals surface area contributed by atoms with E-state index in [1.165, 1.54) is 23.1 Å². The molecule has 210 valence electrons. The maximum Gasteiger partial charge on any atom is 0.339 e. The van der Waals surface area contributed by atoms with Gasteiger partial charge in [-0.05, 0) is 72.2 Å². The van der Waals surface area contributed by atoms with Gasteiger partial charge in [-0.1, -0.05) is 54.8 Å². The van der Waals surface area contributed by atoms with Crippen LogP contribution in [0.4, 0.5) is 11.4 Å². The van der Waals surface area contributed by atoms with Crippen LogP contribution in [0.1, 0.15) is 49.0 Å². The van der Waals surface area contributed by atoms with Crippen molar-refractivity contribution in [2.45, 2.75) is 33.1 Å². The lowest BCUT2D eigenvalue weighted by atomic mass is 9.72. The maximum absolute atomic E-state index is 11.9. The van der Waals surface area contributed by atoms with Crippen LogP contribution in [0.25, 0.3) is 5.57 Å². The number of aromatic carboxylic acids is 1. The van der Waals surface area contributed by atoms with Crippen molar-refractivity contribution < 1.29 is 14.6 Å². The van der Waals surface area contributed by atoms with Crippen molar-refractivity contribution in [2.24, 2.45) is 5.41 Å². The predicted octanol–water partition coefficient (Wildman–Crippen LogP) is 7.85. The highest BCUT2D eigenvalue weighted by Gasteiger charge is 2.29. The predicted molar refractivity (Wildman–Crippen MR) is 164 cm³/mol. The van der Waals surface area contributed by atoms with Gasteiger partial charge in [0.25, 0.3) is 0 Å². The number of piperazine rings is 1. The number of hydrogen-bond acceptors (Lipinski definition) is 5. The van der Waals surface area contributed by atoms with Crippen LogP contribution < -0.4 is 15.4 Å². The molecule has 0 aromatic heterocycles. The van der Waals surface area contributed by atoms with Gasteiger partial charge in [0.1, 0.15) is 17.1 Å². The number of anilines is 2. The molecule has 6 nitrogen and oxygen atoms in total. The first-order valence-electron chi connectivity index (χ1n) is 13.6. The standard InChI is InChI=1S/C32H35Cl2N3O3/c1-32(2)12-11-22(27(19-32)21-3-5-23(33)6-4-21)20-36-13-15-37(16-14-36)24-7-9-26(31(38)39)30(17-24)40-25-8-10-29(35)28(34)18-25/h3-10,17-18H,11-16,19-20,35H2,1-2H3,(H,38,39). The number of carboxylic acids is 1. The molecule has 3 aromatic rings. The molecule has 0 unspecified atom stereocenters. The van der Waals surface area contributed by atoms with Crippen LogP contribution in [0.3, 0.4) is 0 Å². The number of allylic oxidation sites excluding steroid dienone is 1. The van der Waals surface area contributed by atoms with Crippen LogP contribution in [0, 0.1) is 5.41 Å². The normalized spacial score (nSPS) is 17.6. The molecule has 1 aliphatic heterocycles. The lowest BCUT2D eigenvalue weighted by Crippen LogP contribution is -2.47. The van der Waals surface area contributed by atoms with Crippen molar-refractivity contribution >= 4 is 46.1 Å². The number of nitrogens with zero attached hydrogens (tertiary/aromatic N) is 2. The Bertz CT molecular complexity index is 1430. The zero-order chi connectivity index (χ0) is 28.4. The molecule has 2 aliphatic rings. The first-order chi connectivity index (χ1) is 19.1. The topological polar surface area (TPSA) is 79.0 Å². The van der Waals surface area contributed by atoms with Gasteiger partial charge in [-0.2, -0.15) is 0 Å². The Kier molecular flexibility index (Phi) is 8.31. The number of halogens is 2. The molecule has 1 saturated heterocycles. The molecule has 0 saturated carbocycles. The first-order valence-corrected chi connectivity index (χ1v) is 14.4. The van der Waals surface area contributed by atoms with Gasteiger partial charge in [0.15, 0.2) is 0 Å². The Morgan fingerprint density at radius 1 is 1.00 bits per heavy atom. The van der Waals surface area contributed by atoms with E-state index < -0.39 is 5.97 Å². The summed E-state index contributed by atoms with van der Waals surface area (Å²) in [5.74, 6) is -0.340. The Balaban J connectivity index is 1.30. The van der Waals surface area contributed by atoms with Crippen LogP contribution >= 0.6 is 23.2 Å². The second-order valence-electron chi connectivity index (χ2n) is 11.5. The molecular formula is C32H35Cl2N3O3. The first kappa shape index (κ1) is 28.3. The number of carbonyl (C=O) groups is 1. The fraction of sp³-hybridized carbons (Fsp3) is 0.344. The van der Waals surface area contributed by atoms with Crippen molar-refractivity contribution in [3.05, 3.63) is 87.4 Å². The van der Waals surface area contributed by atoms with Crippen LogP contribution in [0.15, 0.2) is 66.2 Å². The molecule has 0 radical (unpaired) electrons. The lowest BCUT2D eigenvalue weighted by molar-refractivity contribution is 0.0694. The summed E-state index contributed by atoms with van der Waals surface area (Å²) in [4.78, 5) is 16.7. The number of nitrogen functional groups attached to an aromatic ring is 1. The minimum atomic E-state index is -1.05. The fourth-order valence-corrected chi connectivity index (χ4v) is 5.86. The highest BCUT2D eigenvalue weighted by atomic mass is 35.5. The summed E-state index contributed by atoms with van der Waals surface area (Å²) in [6.45, 7) is 9.20. The maximum atomic E-state index is 11.9. The van der Waals surface area contributed by atoms with E-state index in [9.17, 15) is 9.90 Å². The zero-order valence-electron chi connectivity index (χ0n) is 22.9. The largest absolute Gasteiger partial charge is 0.478 e. The Labute approximate surface area is 245 Å². The second kappa shape index (κ2) is 11.7. The van der Waals surface area contributed by atoms with Crippen LogP contribution in [-0.2, 0) is 0 Å². The molecule has 0 atom stereocenters. The molecule has 3 aromatic carbocycles. The summed E-state index contributed by atoms with van der Waals surface area (Å²) in [7, 11) is 0. The van der Waals surface area contributed by atoms with Crippen molar-refractivity contribution in [1.82, 2.24) is 4.90 Å². The zero-order valence-corrected chi connectivity index (χ0v) is 24.4. The molecular weight excluding hydrogens is 545 g/mol. The third-order valence-corrected chi connectivity index (χ3v) is 8.50. The third kappa shape index (κ3) is 6.57. The monoisotopic (exact) mass is 579 g/mol. The van der Waals surface area contributed by atoms with Crippen molar-refractivity contribution in [1.29, 1.82) is 0 Å². The van der Waals surface area contributed by atoms with E-state index in [1.54, 1.807) is 30.3 Å². The number of ether oxygens (including phenoxy) is 1. The Morgan fingerprint density at radius 2 is 1.73 bits per heavy atom. The smallest absolute Gasteiger partial charge is 0.339 e. The molecule has 0 spiro atoms. The molecule has 3 N–H and O–H groups in total. The van der Waals surface area contributed by atoms with E-state index in [4.69, 9.17) is 33.7 Å². The van der Waals surface area contributed by atoms with E-state index in [1.807, 2.05) is 18.2 Å². The minimum Gasteiger partial charge on any atom is -0.478 e. The molecule has 0 bridgehead atoms. The molecule has 1 aliphatic carbocycles. The van der Waals surface area contributed by atoms with Gasteiger partial charge in [-0.25, -0.2) is 4.79 Å². The molecule has 40 heavy (non-hydrogen) atoms. The quantitative estimate of drug-likeness (QED) is 0.277. The van der Waals surface area contributed by atoms with E-state index in [0.717, 1.165) is 56.3 Å². The lowest BCUT2D eigenvalue weighted by Gasteiger charge is -2.39. The van der Waals surface area contributed by atoms with Crippen molar-refractivity contribution in [3.63, 3.8) is 0 Å². The van der Waals surface area contributed by atoms with E-state index in [0.29, 0.717) is 16.5 Å². The summed E-state index contributed by atoms with van der Waals surface area (Å²) < 4.78 is 5.97. The fourth-order valence-electron chi connectivity index (χ4n) is 5.57. The van der Waals surface area contributed by atoms with E-state index >= 15 is 0 Å². The molecule has 5 rings (SSSR count). The second-order valence-corrected chi connectivity index (χ2v) is 12.3. The summed E-state index contributed by atoms with van der Waals surface area (Å²) in [6, 6.07) is 18.4. The average Bonchev–Trinajstić information content (AvgIpc) is 2.92. The molecule has 0 amide bonds. The number of carboxylic acid groups (broad SMARTS) is 1. The summed E-state index contributed by atoms with van der Waals surface area (Å²) >= 11 is 12.3. The summed E-state index contributed by atoms with van der Waals surface area (Å²) in [5, 5.41) is 10.8. The van der Waals surface area contributed by atoms with Gasteiger partial charge in [-0.3, -0.25) is 4.90 Å². The number of hydrogen-bond donors (Lipinski definition) is 2. The molecule has 8 heteroatoms. The van der Waals surface area contributed by atoms with Crippen molar-refractivity contribution in [3.8, 4) is 11.5 Å². The van der Waals surface area contributed by atoms with Crippen LogP contribution in [0.2, 0.25) is 10.0 Å². The van der Waals surface area contributed by atoms with Gasteiger partial charge in [0.2, 0.25) is 0 Å². The van der Waals surface area contributed by atoms with Gasteiger partial charge in [-0.15, -0.1) is 0 Å². The van der Waals surface area contributed by atoms with Gasteiger partial charge < -0.3 is 20.5 Å². The molecule has 1 fully saturated rings. The molecule has 1 heterocycles. The van der Waals surface area contributed by atoms with E-state index in [-0.39, 0.29) is 16.7 Å².